The number of thiol groups is 1. The van der Waals surface area contributed by atoms with E-state index in [1.165, 1.54) is 9.83 Å². The van der Waals surface area contributed by atoms with Crippen LogP contribution in [0.4, 0.5) is 0 Å². The lowest BCUT2D eigenvalue weighted by Crippen LogP contribution is -2.44. The highest BCUT2D eigenvalue weighted by Gasteiger charge is 2.30. The molecule has 1 fully saturated rings. The SMILES string of the molecule is CCC1CC(SSS)CC(=O)N1C. The molecule has 13 heavy (non-hydrogen) atoms. The quantitative estimate of drug-likeness (QED) is 0.602. The van der Waals surface area contributed by atoms with Crippen LogP contribution in [0.5, 0.6) is 0 Å². The Morgan fingerprint density at radius 3 is 2.92 bits per heavy atom. The second-order valence-electron chi connectivity index (χ2n) is 3.30. The predicted octanol–water partition coefficient (Wildman–Crippen LogP) is 2.61. The average molecular weight is 237 g/mol. The summed E-state index contributed by atoms with van der Waals surface area (Å²) in [5.41, 5.74) is 0. The molecule has 0 N–H and O–H groups in total. The minimum Gasteiger partial charge on any atom is -0.343 e. The van der Waals surface area contributed by atoms with Crippen LogP contribution >= 0.6 is 32.3 Å². The molecule has 5 heteroatoms. The van der Waals surface area contributed by atoms with Gasteiger partial charge >= 0.3 is 0 Å². The van der Waals surface area contributed by atoms with E-state index in [0.717, 1.165) is 12.8 Å². The highest BCUT2D eigenvalue weighted by molar-refractivity contribution is 9.05. The third-order valence-corrected chi connectivity index (χ3v) is 5.10. The monoisotopic (exact) mass is 237 g/mol. The Balaban J connectivity index is 2.53. The summed E-state index contributed by atoms with van der Waals surface area (Å²) in [4.78, 5) is 13.4. The van der Waals surface area contributed by atoms with Crippen molar-refractivity contribution in [1.82, 2.24) is 4.90 Å². The van der Waals surface area contributed by atoms with Gasteiger partial charge in [-0.25, -0.2) is 0 Å². The van der Waals surface area contributed by atoms with Crippen LogP contribution in [-0.2, 0) is 4.79 Å². The number of nitrogens with zero attached hydrogens (tertiary/aromatic N) is 1. The zero-order valence-corrected chi connectivity index (χ0v) is 10.4. The smallest absolute Gasteiger partial charge is 0.223 e. The van der Waals surface area contributed by atoms with Gasteiger partial charge in [-0.05, 0) is 22.7 Å². The lowest BCUT2D eigenvalue weighted by molar-refractivity contribution is -0.134. The van der Waals surface area contributed by atoms with Gasteiger partial charge in [0, 0.05) is 24.8 Å². The molecule has 0 radical (unpaired) electrons. The van der Waals surface area contributed by atoms with Gasteiger partial charge in [0.2, 0.25) is 5.91 Å². The fourth-order valence-corrected chi connectivity index (χ4v) is 4.20. The maximum absolute atomic E-state index is 11.5. The van der Waals surface area contributed by atoms with E-state index in [4.69, 9.17) is 0 Å². The molecule has 1 aliphatic heterocycles. The van der Waals surface area contributed by atoms with Gasteiger partial charge in [-0.3, -0.25) is 4.79 Å². The number of carbonyl (C=O) groups is 1. The van der Waals surface area contributed by atoms with Crippen molar-refractivity contribution in [2.45, 2.75) is 37.5 Å². The summed E-state index contributed by atoms with van der Waals surface area (Å²) >= 11 is 4.10. The van der Waals surface area contributed by atoms with Gasteiger partial charge in [0.25, 0.3) is 0 Å². The number of carbonyl (C=O) groups excluding carboxylic acids is 1. The van der Waals surface area contributed by atoms with Crippen molar-refractivity contribution >= 4 is 38.2 Å². The van der Waals surface area contributed by atoms with Gasteiger partial charge < -0.3 is 4.90 Å². The topological polar surface area (TPSA) is 20.3 Å². The molecular formula is C8H15NOS3. The molecule has 2 unspecified atom stereocenters. The Labute approximate surface area is 92.4 Å². The normalized spacial score (nSPS) is 29.5. The van der Waals surface area contributed by atoms with Crippen molar-refractivity contribution in [2.75, 3.05) is 7.05 Å². The third-order valence-electron chi connectivity index (χ3n) is 2.53. The first-order valence-electron chi connectivity index (χ1n) is 4.41. The largest absolute Gasteiger partial charge is 0.343 e. The van der Waals surface area contributed by atoms with E-state index in [0.29, 0.717) is 17.7 Å². The zero-order chi connectivity index (χ0) is 9.84. The molecule has 1 amide bonds. The van der Waals surface area contributed by atoms with Crippen LogP contribution in [0, 0.1) is 0 Å². The number of likely N-dealkylation sites (tertiary alicyclic amines) is 1. The van der Waals surface area contributed by atoms with Crippen LogP contribution in [0.1, 0.15) is 26.2 Å². The Bertz CT molecular complexity index is 188. The molecule has 2 atom stereocenters. The first-order chi connectivity index (χ1) is 6.19. The number of rotatable bonds is 3. The summed E-state index contributed by atoms with van der Waals surface area (Å²) in [5, 5.41) is 0.455. The van der Waals surface area contributed by atoms with Crippen molar-refractivity contribution in [3.05, 3.63) is 0 Å². The summed E-state index contributed by atoms with van der Waals surface area (Å²) in [6.07, 6.45) is 2.83. The highest BCUT2D eigenvalue weighted by Crippen LogP contribution is 2.37. The molecule has 76 valence electrons. The fourth-order valence-electron chi connectivity index (χ4n) is 1.66. The lowest BCUT2D eigenvalue weighted by atomic mass is 10.00. The van der Waals surface area contributed by atoms with Gasteiger partial charge in [-0.15, -0.1) is 0 Å². The molecular weight excluding hydrogens is 222 g/mol. The van der Waals surface area contributed by atoms with Crippen LogP contribution in [0.25, 0.3) is 0 Å². The van der Waals surface area contributed by atoms with Crippen LogP contribution in [0.2, 0.25) is 0 Å². The van der Waals surface area contributed by atoms with Crippen LogP contribution < -0.4 is 0 Å². The van der Waals surface area contributed by atoms with Gasteiger partial charge in [0.15, 0.2) is 0 Å². The maximum atomic E-state index is 11.5. The third kappa shape index (κ3) is 2.99. The number of hydrogen-bond donors (Lipinski definition) is 1. The minimum atomic E-state index is 0.276. The van der Waals surface area contributed by atoms with Crippen molar-refractivity contribution < 1.29 is 4.79 Å². The first-order valence-corrected chi connectivity index (χ1v) is 7.68. The van der Waals surface area contributed by atoms with E-state index in [-0.39, 0.29) is 5.91 Å². The molecule has 0 aromatic carbocycles. The van der Waals surface area contributed by atoms with E-state index >= 15 is 0 Å². The van der Waals surface area contributed by atoms with E-state index in [1.807, 2.05) is 11.9 Å². The van der Waals surface area contributed by atoms with Crippen LogP contribution in [0.3, 0.4) is 0 Å². The van der Waals surface area contributed by atoms with Crippen LogP contribution in [-0.4, -0.2) is 29.1 Å². The van der Waals surface area contributed by atoms with E-state index in [2.05, 4.69) is 18.6 Å². The molecule has 1 aliphatic rings. The molecule has 0 saturated carbocycles. The Kier molecular flexibility index (Phi) is 4.83. The first kappa shape index (κ1) is 11.6. The van der Waals surface area contributed by atoms with E-state index < -0.39 is 0 Å². The molecule has 0 aromatic heterocycles. The molecule has 1 rings (SSSR count). The van der Waals surface area contributed by atoms with Gasteiger partial charge in [0.05, 0.1) is 0 Å². The van der Waals surface area contributed by atoms with Crippen molar-refractivity contribution in [2.24, 2.45) is 0 Å². The van der Waals surface area contributed by atoms with Crippen molar-refractivity contribution in [3.63, 3.8) is 0 Å². The van der Waals surface area contributed by atoms with Crippen molar-refractivity contribution in [3.8, 4) is 0 Å². The number of amides is 1. The van der Waals surface area contributed by atoms with Gasteiger partial charge in [-0.1, -0.05) is 29.4 Å². The molecule has 0 aromatic rings. The zero-order valence-electron chi connectivity index (χ0n) is 7.90. The fraction of sp³-hybridized carbons (Fsp3) is 0.875. The molecule has 0 bridgehead atoms. The average Bonchev–Trinajstić information content (AvgIpc) is 2.11. The second kappa shape index (κ2) is 5.41. The Morgan fingerprint density at radius 2 is 2.38 bits per heavy atom. The summed E-state index contributed by atoms with van der Waals surface area (Å²) in [6, 6.07) is 0.430. The summed E-state index contributed by atoms with van der Waals surface area (Å²) < 4.78 is 0. The van der Waals surface area contributed by atoms with Gasteiger partial charge in [-0.2, -0.15) is 0 Å². The van der Waals surface area contributed by atoms with E-state index in [9.17, 15) is 4.79 Å². The predicted molar refractivity (Wildman–Crippen MR) is 64.0 cm³/mol. The number of piperidine rings is 1. The minimum absolute atomic E-state index is 0.276. The molecule has 0 aliphatic carbocycles. The lowest BCUT2D eigenvalue weighted by Gasteiger charge is -2.35. The summed E-state index contributed by atoms with van der Waals surface area (Å²) in [6.45, 7) is 2.13. The molecule has 2 nitrogen and oxygen atoms in total. The van der Waals surface area contributed by atoms with Crippen molar-refractivity contribution in [1.29, 1.82) is 0 Å². The highest BCUT2D eigenvalue weighted by atomic mass is 33.5. The van der Waals surface area contributed by atoms with Gasteiger partial charge in [0.1, 0.15) is 0 Å². The standard InChI is InChI=1S/C8H15NOS3/c1-3-6-4-7(12-13-11)5-8(10)9(6)2/h6-7,11H,3-5H2,1-2H3. The molecule has 1 heterocycles. The van der Waals surface area contributed by atoms with E-state index in [1.54, 1.807) is 10.8 Å². The Hall–Kier alpha value is 0.520. The molecule has 0 spiro atoms. The Morgan fingerprint density at radius 1 is 1.69 bits per heavy atom. The maximum Gasteiger partial charge on any atom is 0.223 e. The summed E-state index contributed by atoms with van der Waals surface area (Å²) in [7, 11) is 5.08. The van der Waals surface area contributed by atoms with Crippen LogP contribution in [0.15, 0.2) is 0 Å². The molecule has 1 saturated heterocycles. The summed E-state index contributed by atoms with van der Waals surface area (Å²) in [5.74, 6) is 0.276. The second-order valence-corrected chi connectivity index (χ2v) is 6.67. The number of hydrogen-bond acceptors (Lipinski definition) is 4.